The number of thiazole rings is 1. The van der Waals surface area contributed by atoms with Crippen LogP contribution in [0.1, 0.15) is 65.3 Å². The van der Waals surface area contributed by atoms with Gasteiger partial charge in [0.1, 0.15) is 17.3 Å². The highest BCUT2D eigenvalue weighted by Crippen LogP contribution is 2.41. The Bertz CT molecular complexity index is 720. The van der Waals surface area contributed by atoms with Gasteiger partial charge < -0.3 is 5.32 Å². The smallest absolute Gasteiger partial charge is 0.276 e. The molecule has 0 atom stereocenters. The molecule has 7 heteroatoms. The van der Waals surface area contributed by atoms with Gasteiger partial charge in [0.15, 0.2) is 5.82 Å². The van der Waals surface area contributed by atoms with Crippen LogP contribution < -0.4 is 5.32 Å². The molecule has 21 heavy (non-hydrogen) atoms. The van der Waals surface area contributed by atoms with Gasteiger partial charge in [0.25, 0.3) is 5.91 Å². The fraction of sp³-hybridized carbons (Fsp3) is 0.429. The summed E-state index contributed by atoms with van der Waals surface area (Å²) in [6.07, 6.45) is 2.13. The molecule has 3 rings (SSSR count). The quantitative estimate of drug-likeness (QED) is 0.907. The van der Waals surface area contributed by atoms with Crippen LogP contribution in [0.15, 0.2) is 5.38 Å². The van der Waals surface area contributed by atoms with Gasteiger partial charge in [-0.05, 0) is 12.8 Å². The standard InChI is InChI=1S/C14H15N5OS/c1-7(2)14-16-10(6-21-14)13(20)17-12-9(5-15)11(18-19-12)8-3-4-8/h6-8H,3-4H2,1-2H3,(H2,17,18,19,20). The number of H-pyrrole nitrogens is 1. The number of aromatic amines is 1. The second kappa shape index (κ2) is 5.30. The molecule has 2 aromatic heterocycles. The van der Waals surface area contributed by atoms with Crippen molar-refractivity contribution in [1.29, 1.82) is 5.26 Å². The third-order valence-corrected chi connectivity index (χ3v) is 4.52. The van der Waals surface area contributed by atoms with E-state index in [9.17, 15) is 10.1 Å². The Balaban J connectivity index is 1.79. The molecule has 2 heterocycles. The third-order valence-electron chi connectivity index (χ3n) is 3.37. The zero-order valence-corrected chi connectivity index (χ0v) is 12.6. The molecular formula is C14H15N5OS. The van der Waals surface area contributed by atoms with E-state index in [1.54, 1.807) is 5.38 Å². The van der Waals surface area contributed by atoms with E-state index < -0.39 is 0 Å². The molecule has 0 bridgehead atoms. The highest BCUT2D eigenvalue weighted by atomic mass is 32.1. The van der Waals surface area contributed by atoms with Gasteiger partial charge in [-0.15, -0.1) is 11.3 Å². The number of carbonyl (C=O) groups excluding carboxylic acids is 1. The van der Waals surface area contributed by atoms with E-state index in [0.717, 1.165) is 23.5 Å². The number of hydrogen-bond acceptors (Lipinski definition) is 5. The summed E-state index contributed by atoms with van der Waals surface area (Å²) in [5.41, 5.74) is 1.63. The molecule has 0 unspecified atom stereocenters. The van der Waals surface area contributed by atoms with Crippen LogP contribution in [-0.2, 0) is 0 Å². The van der Waals surface area contributed by atoms with E-state index in [1.807, 2.05) is 13.8 Å². The molecule has 1 amide bonds. The van der Waals surface area contributed by atoms with Crippen LogP contribution in [0.25, 0.3) is 0 Å². The maximum absolute atomic E-state index is 12.2. The van der Waals surface area contributed by atoms with Crippen LogP contribution in [0.2, 0.25) is 0 Å². The first kappa shape index (κ1) is 13.8. The summed E-state index contributed by atoms with van der Waals surface area (Å²) in [4.78, 5) is 16.5. The lowest BCUT2D eigenvalue weighted by Gasteiger charge is -2.00. The Morgan fingerprint density at radius 3 is 2.90 bits per heavy atom. The Hall–Kier alpha value is -2.20. The van der Waals surface area contributed by atoms with E-state index in [-0.39, 0.29) is 11.8 Å². The lowest BCUT2D eigenvalue weighted by atomic mass is 10.2. The molecule has 2 N–H and O–H groups in total. The molecule has 1 aliphatic carbocycles. The summed E-state index contributed by atoms with van der Waals surface area (Å²) < 4.78 is 0. The van der Waals surface area contributed by atoms with E-state index in [0.29, 0.717) is 23.0 Å². The number of anilines is 1. The minimum Gasteiger partial charge on any atom is -0.303 e. The van der Waals surface area contributed by atoms with Crippen molar-refractivity contribution in [1.82, 2.24) is 15.2 Å². The Labute approximate surface area is 126 Å². The van der Waals surface area contributed by atoms with Crippen molar-refractivity contribution in [3.05, 3.63) is 27.3 Å². The largest absolute Gasteiger partial charge is 0.303 e. The monoisotopic (exact) mass is 301 g/mol. The predicted octanol–water partition coefficient (Wildman–Crippen LogP) is 2.99. The van der Waals surface area contributed by atoms with E-state index in [2.05, 4.69) is 26.6 Å². The zero-order valence-electron chi connectivity index (χ0n) is 11.8. The first-order chi connectivity index (χ1) is 10.1. The van der Waals surface area contributed by atoms with Crippen molar-refractivity contribution in [2.75, 3.05) is 5.32 Å². The molecule has 1 saturated carbocycles. The summed E-state index contributed by atoms with van der Waals surface area (Å²) in [5.74, 6) is 0.634. The molecule has 0 radical (unpaired) electrons. The average Bonchev–Trinajstić information content (AvgIpc) is 3.03. The Morgan fingerprint density at radius 2 is 2.33 bits per heavy atom. The van der Waals surface area contributed by atoms with Gasteiger partial charge in [-0.3, -0.25) is 9.89 Å². The van der Waals surface area contributed by atoms with Gasteiger partial charge in [-0.2, -0.15) is 10.4 Å². The second-order valence-corrected chi connectivity index (χ2v) is 6.32. The molecule has 0 aromatic carbocycles. The van der Waals surface area contributed by atoms with E-state index >= 15 is 0 Å². The molecule has 1 fully saturated rings. The first-order valence-corrected chi connectivity index (χ1v) is 7.73. The molecule has 108 valence electrons. The van der Waals surface area contributed by atoms with Gasteiger partial charge in [-0.25, -0.2) is 4.98 Å². The molecule has 1 aliphatic rings. The maximum Gasteiger partial charge on any atom is 0.276 e. The number of nitriles is 1. The number of nitrogens with zero attached hydrogens (tertiary/aromatic N) is 3. The Kier molecular flexibility index (Phi) is 3.47. The average molecular weight is 301 g/mol. The molecule has 0 aliphatic heterocycles. The van der Waals surface area contributed by atoms with Crippen LogP contribution in [-0.4, -0.2) is 21.1 Å². The van der Waals surface area contributed by atoms with Gasteiger partial charge in [-0.1, -0.05) is 13.8 Å². The predicted molar refractivity (Wildman–Crippen MR) is 79.4 cm³/mol. The minimum atomic E-state index is -0.330. The highest BCUT2D eigenvalue weighted by molar-refractivity contribution is 7.09. The van der Waals surface area contributed by atoms with Crippen LogP contribution >= 0.6 is 11.3 Å². The van der Waals surface area contributed by atoms with Crippen molar-refractivity contribution in [2.24, 2.45) is 0 Å². The van der Waals surface area contributed by atoms with Gasteiger partial charge >= 0.3 is 0 Å². The number of aromatic nitrogens is 3. The highest BCUT2D eigenvalue weighted by Gasteiger charge is 2.30. The number of nitrogens with one attached hydrogen (secondary N) is 2. The van der Waals surface area contributed by atoms with Crippen molar-refractivity contribution in [3.8, 4) is 6.07 Å². The second-order valence-electron chi connectivity index (χ2n) is 5.43. The molecule has 0 spiro atoms. The fourth-order valence-electron chi connectivity index (χ4n) is 2.06. The summed E-state index contributed by atoms with van der Waals surface area (Å²) in [6, 6.07) is 2.12. The SMILES string of the molecule is CC(C)c1nc(C(=O)Nc2n[nH]c(C3CC3)c2C#N)cs1. The van der Waals surface area contributed by atoms with E-state index in [4.69, 9.17) is 0 Å². The normalized spacial score (nSPS) is 14.2. The number of amides is 1. The number of carbonyl (C=O) groups is 1. The summed E-state index contributed by atoms with van der Waals surface area (Å²) in [7, 11) is 0. The van der Waals surface area contributed by atoms with Crippen LogP contribution in [0.4, 0.5) is 5.82 Å². The van der Waals surface area contributed by atoms with Crippen molar-refractivity contribution in [2.45, 2.75) is 38.5 Å². The molecule has 6 nitrogen and oxygen atoms in total. The number of hydrogen-bond donors (Lipinski definition) is 2. The van der Waals surface area contributed by atoms with Gasteiger partial charge in [0, 0.05) is 17.2 Å². The summed E-state index contributed by atoms with van der Waals surface area (Å²) in [6.45, 7) is 4.06. The van der Waals surface area contributed by atoms with Crippen LogP contribution in [0.3, 0.4) is 0 Å². The minimum absolute atomic E-state index is 0.290. The Morgan fingerprint density at radius 1 is 1.57 bits per heavy atom. The lowest BCUT2D eigenvalue weighted by molar-refractivity contribution is 0.102. The molecular weight excluding hydrogens is 286 g/mol. The zero-order chi connectivity index (χ0) is 15.0. The topological polar surface area (TPSA) is 94.5 Å². The van der Waals surface area contributed by atoms with Crippen LogP contribution in [0.5, 0.6) is 0 Å². The lowest BCUT2D eigenvalue weighted by Crippen LogP contribution is -2.13. The number of rotatable bonds is 4. The molecule has 0 saturated heterocycles. The van der Waals surface area contributed by atoms with E-state index in [1.165, 1.54) is 11.3 Å². The van der Waals surface area contributed by atoms with Gasteiger partial charge in [0.05, 0.1) is 10.7 Å². The molecule has 2 aromatic rings. The van der Waals surface area contributed by atoms with Crippen molar-refractivity contribution in [3.63, 3.8) is 0 Å². The van der Waals surface area contributed by atoms with Crippen LogP contribution in [0, 0.1) is 11.3 Å². The third kappa shape index (κ3) is 2.67. The van der Waals surface area contributed by atoms with Crippen molar-refractivity contribution >= 4 is 23.1 Å². The van der Waals surface area contributed by atoms with Gasteiger partial charge in [0.2, 0.25) is 0 Å². The first-order valence-electron chi connectivity index (χ1n) is 6.85. The summed E-state index contributed by atoms with van der Waals surface area (Å²) in [5, 5.41) is 21.5. The fourth-order valence-corrected chi connectivity index (χ4v) is 2.87. The van der Waals surface area contributed by atoms with Crippen molar-refractivity contribution < 1.29 is 4.79 Å². The maximum atomic E-state index is 12.2. The summed E-state index contributed by atoms with van der Waals surface area (Å²) >= 11 is 1.46.